The molecule has 0 heterocycles. The zero-order valence-electron chi connectivity index (χ0n) is 11.2. The highest BCUT2D eigenvalue weighted by Crippen LogP contribution is 2.32. The van der Waals surface area contributed by atoms with Crippen LogP contribution in [0.5, 0.6) is 11.5 Å². The summed E-state index contributed by atoms with van der Waals surface area (Å²) in [5.74, 6) is 2.86. The Morgan fingerprint density at radius 3 is 2.63 bits per heavy atom. The standard InChI is InChI=1S/C14H17F2NO2/c1-5-14(2,3)17-9-10-7-6-8-11(18-4)12(10)19-13(15)16/h1,6-8,13,17H,9H2,2-4H3. The first kappa shape index (κ1) is 15.3. The van der Waals surface area contributed by atoms with Crippen LogP contribution in [0.1, 0.15) is 19.4 Å². The molecule has 0 aromatic heterocycles. The maximum atomic E-state index is 12.4. The molecule has 0 fully saturated rings. The molecule has 0 saturated heterocycles. The molecule has 0 bridgehead atoms. The Kier molecular flexibility index (Phi) is 5.13. The Morgan fingerprint density at radius 2 is 2.11 bits per heavy atom. The molecule has 1 N–H and O–H groups in total. The van der Waals surface area contributed by atoms with Crippen LogP contribution < -0.4 is 14.8 Å². The van der Waals surface area contributed by atoms with Crippen LogP contribution in [0.15, 0.2) is 18.2 Å². The van der Waals surface area contributed by atoms with Crippen molar-refractivity contribution in [1.82, 2.24) is 5.32 Å². The van der Waals surface area contributed by atoms with E-state index in [0.29, 0.717) is 12.1 Å². The number of ether oxygens (including phenoxy) is 2. The highest BCUT2D eigenvalue weighted by molar-refractivity contribution is 5.46. The summed E-state index contributed by atoms with van der Waals surface area (Å²) in [5.41, 5.74) is 0.0218. The minimum Gasteiger partial charge on any atom is -0.493 e. The number of alkyl halides is 2. The first-order valence-electron chi connectivity index (χ1n) is 5.73. The maximum absolute atomic E-state index is 12.4. The van der Waals surface area contributed by atoms with Gasteiger partial charge in [0.15, 0.2) is 11.5 Å². The van der Waals surface area contributed by atoms with Crippen molar-refractivity contribution >= 4 is 0 Å². The van der Waals surface area contributed by atoms with Gasteiger partial charge in [-0.25, -0.2) is 0 Å². The van der Waals surface area contributed by atoms with Crippen LogP contribution in [0, 0.1) is 12.3 Å². The second kappa shape index (κ2) is 6.39. The minimum atomic E-state index is -2.91. The average molecular weight is 269 g/mol. The van der Waals surface area contributed by atoms with E-state index in [2.05, 4.69) is 16.0 Å². The lowest BCUT2D eigenvalue weighted by molar-refractivity contribution is -0.0519. The van der Waals surface area contributed by atoms with Gasteiger partial charge in [-0.1, -0.05) is 18.1 Å². The van der Waals surface area contributed by atoms with E-state index in [1.54, 1.807) is 18.2 Å². The quantitative estimate of drug-likeness (QED) is 0.806. The average Bonchev–Trinajstić information content (AvgIpc) is 2.37. The fourth-order valence-electron chi connectivity index (χ4n) is 1.45. The number of rotatable bonds is 6. The molecule has 3 nitrogen and oxygen atoms in total. The smallest absolute Gasteiger partial charge is 0.387 e. The van der Waals surface area contributed by atoms with Crippen LogP contribution in [0.4, 0.5) is 8.78 Å². The molecule has 0 spiro atoms. The second-order valence-electron chi connectivity index (χ2n) is 4.45. The summed E-state index contributed by atoms with van der Waals surface area (Å²) in [4.78, 5) is 0. The molecule has 0 atom stereocenters. The highest BCUT2D eigenvalue weighted by atomic mass is 19.3. The van der Waals surface area contributed by atoms with Crippen molar-refractivity contribution < 1.29 is 18.3 Å². The van der Waals surface area contributed by atoms with Gasteiger partial charge >= 0.3 is 6.61 Å². The topological polar surface area (TPSA) is 30.5 Å². The molecule has 1 aromatic rings. The third-order valence-corrected chi connectivity index (χ3v) is 2.57. The number of halogens is 2. The normalized spacial score (nSPS) is 11.2. The molecule has 0 radical (unpaired) electrons. The zero-order valence-corrected chi connectivity index (χ0v) is 11.2. The van der Waals surface area contributed by atoms with Gasteiger partial charge in [-0.15, -0.1) is 6.42 Å². The number of terminal acetylenes is 1. The Morgan fingerprint density at radius 1 is 1.42 bits per heavy atom. The van der Waals surface area contributed by atoms with E-state index in [-0.39, 0.29) is 11.5 Å². The predicted molar refractivity (Wildman–Crippen MR) is 69.4 cm³/mol. The number of nitrogens with one attached hydrogen (secondary N) is 1. The lowest BCUT2D eigenvalue weighted by Gasteiger charge is -2.21. The van der Waals surface area contributed by atoms with E-state index in [0.717, 1.165) is 0 Å². The van der Waals surface area contributed by atoms with Gasteiger partial charge in [0.1, 0.15) is 0 Å². The van der Waals surface area contributed by atoms with Gasteiger partial charge < -0.3 is 9.47 Å². The summed E-state index contributed by atoms with van der Waals surface area (Å²) in [7, 11) is 1.40. The molecule has 0 saturated carbocycles. The molecular formula is C14H17F2NO2. The summed E-state index contributed by atoms with van der Waals surface area (Å²) in [5, 5.41) is 3.07. The van der Waals surface area contributed by atoms with E-state index in [9.17, 15) is 8.78 Å². The summed E-state index contributed by atoms with van der Waals surface area (Å²) >= 11 is 0. The first-order valence-corrected chi connectivity index (χ1v) is 5.73. The lowest BCUT2D eigenvalue weighted by Crippen LogP contribution is -2.37. The summed E-state index contributed by atoms with van der Waals surface area (Å²) in [6.07, 6.45) is 5.36. The van der Waals surface area contributed by atoms with E-state index in [1.165, 1.54) is 7.11 Å². The molecule has 1 aromatic carbocycles. The molecule has 19 heavy (non-hydrogen) atoms. The molecule has 5 heteroatoms. The van der Waals surface area contributed by atoms with Gasteiger partial charge in [-0.05, 0) is 19.9 Å². The van der Waals surface area contributed by atoms with Crippen molar-refractivity contribution in [2.45, 2.75) is 32.5 Å². The molecular weight excluding hydrogens is 252 g/mol. The molecule has 0 aliphatic carbocycles. The Labute approximate surface area is 111 Å². The molecule has 0 aliphatic rings. The van der Waals surface area contributed by atoms with Gasteiger partial charge in [0.05, 0.1) is 12.6 Å². The third kappa shape index (κ3) is 4.42. The van der Waals surface area contributed by atoms with E-state index >= 15 is 0 Å². The van der Waals surface area contributed by atoms with Crippen molar-refractivity contribution in [2.24, 2.45) is 0 Å². The van der Waals surface area contributed by atoms with Crippen molar-refractivity contribution in [1.29, 1.82) is 0 Å². The summed E-state index contributed by atoms with van der Waals surface area (Å²) in [6.45, 7) is 1.04. The van der Waals surface area contributed by atoms with Crippen molar-refractivity contribution in [3.05, 3.63) is 23.8 Å². The van der Waals surface area contributed by atoms with E-state index in [4.69, 9.17) is 11.2 Å². The van der Waals surface area contributed by atoms with E-state index in [1.807, 2.05) is 13.8 Å². The van der Waals surface area contributed by atoms with Gasteiger partial charge in [-0.2, -0.15) is 8.78 Å². The third-order valence-electron chi connectivity index (χ3n) is 2.57. The Balaban J connectivity index is 2.97. The molecule has 0 unspecified atom stereocenters. The number of para-hydroxylation sites is 1. The number of methoxy groups -OCH3 is 1. The van der Waals surface area contributed by atoms with Crippen molar-refractivity contribution in [3.63, 3.8) is 0 Å². The van der Waals surface area contributed by atoms with Crippen LogP contribution in [0.3, 0.4) is 0 Å². The largest absolute Gasteiger partial charge is 0.493 e. The van der Waals surface area contributed by atoms with Gasteiger partial charge in [0, 0.05) is 12.1 Å². The molecule has 0 amide bonds. The van der Waals surface area contributed by atoms with Crippen molar-refractivity contribution in [3.8, 4) is 23.8 Å². The van der Waals surface area contributed by atoms with Gasteiger partial charge in [-0.3, -0.25) is 5.32 Å². The lowest BCUT2D eigenvalue weighted by atomic mass is 10.1. The van der Waals surface area contributed by atoms with Crippen LogP contribution in [0.2, 0.25) is 0 Å². The zero-order chi connectivity index (χ0) is 14.5. The molecule has 1 rings (SSSR count). The Hall–Kier alpha value is -1.80. The SMILES string of the molecule is C#CC(C)(C)NCc1cccc(OC)c1OC(F)F. The van der Waals surface area contributed by atoms with Gasteiger partial charge in [0.2, 0.25) is 0 Å². The van der Waals surface area contributed by atoms with Crippen LogP contribution in [0.25, 0.3) is 0 Å². The predicted octanol–water partition coefficient (Wildman–Crippen LogP) is 2.80. The minimum absolute atomic E-state index is 0.0281. The van der Waals surface area contributed by atoms with Gasteiger partial charge in [0.25, 0.3) is 0 Å². The van der Waals surface area contributed by atoms with E-state index < -0.39 is 12.2 Å². The summed E-state index contributed by atoms with van der Waals surface area (Å²) in [6, 6.07) is 4.95. The monoisotopic (exact) mass is 269 g/mol. The first-order chi connectivity index (χ1) is 8.89. The van der Waals surface area contributed by atoms with Crippen LogP contribution in [-0.4, -0.2) is 19.3 Å². The maximum Gasteiger partial charge on any atom is 0.387 e. The Bertz CT molecular complexity index is 467. The fraction of sp³-hybridized carbons (Fsp3) is 0.429. The fourth-order valence-corrected chi connectivity index (χ4v) is 1.45. The van der Waals surface area contributed by atoms with Crippen molar-refractivity contribution in [2.75, 3.05) is 7.11 Å². The number of benzene rings is 1. The summed E-state index contributed by atoms with van der Waals surface area (Å²) < 4.78 is 34.4. The molecule has 104 valence electrons. The second-order valence-corrected chi connectivity index (χ2v) is 4.45. The molecule has 0 aliphatic heterocycles. The highest BCUT2D eigenvalue weighted by Gasteiger charge is 2.18. The number of hydrogen-bond donors (Lipinski definition) is 1. The van der Waals surface area contributed by atoms with Crippen LogP contribution in [-0.2, 0) is 6.54 Å². The van der Waals surface area contributed by atoms with Crippen LogP contribution >= 0.6 is 0 Å². The number of hydrogen-bond acceptors (Lipinski definition) is 3.